The highest BCUT2D eigenvalue weighted by molar-refractivity contribution is 5.95. The number of hydrogen-bond donors (Lipinski definition) is 1. The lowest BCUT2D eigenvalue weighted by molar-refractivity contribution is -0.139. The molecule has 0 spiro atoms. The fourth-order valence-electron chi connectivity index (χ4n) is 4.52. The standard InChI is InChI=1S/C31H29N5O5/c1-4-40-29(37)25-24(36(2)31(38)33-26(25)22-15-17-23(39-3)18-16-22)19-41-30-32-27(20-11-7-5-8-12-20)28(34-35-30)21-13-9-6-10-14-21/h5-18,26H,4,19H2,1-3H3,(H,33,38)/t26-/m1/s1. The minimum Gasteiger partial charge on any atom is -0.497 e. The Morgan fingerprint density at radius 2 is 1.54 bits per heavy atom. The fourth-order valence-corrected chi connectivity index (χ4v) is 4.52. The Morgan fingerprint density at radius 3 is 2.15 bits per heavy atom. The summed E-state index contributed by atoms with van der Waals surface area (Å²) >= 11 is 0. The third-order valence-electron chi connectivity index (χ3n) is 6.62. The maximum atomic E-state index is 13.2. The number of carbonyl (C=O) groups is 2. The van der Waals surface area contributed by atoms with Gasteiger partial charge in [0, 0.05) is 18.2 Å². The minimum absolute atomic E-state index is 0.000350. The molecule has 1 N–H and O–H groups in total. The van der Waals surface area contributed by atoms with Crippen LogP contribution in [0.3, 0.4) is 0 Å². The lowest BCUT2D eigenvalue weighted by Crippen LogP contribution is -2.48. The van der Waals surface area contributed by atoms with Gasteiger partial charge in [-0.05, 0) is 24.6 Å². The van der Waals surface area contributed by atoms with Crippen LogP contribution in [0.2, 0.25) is 0 Å². The van der Waals surface area contributed by atoms with Crippen LogP contribution in [0.4, 0.5) is 4.79 Å². The van der Waals surface area contributed by atoms with E-state index >= 15 is 0 Å². The summed E-state index contributed by atoms with van der Waals surface area (Å²) in [5, 5.41) is 11.5. The molecule has 41 heavy (non-hydrogen) atoms. The molecule has 0 aliphatic carbocycles. The molecule has 0 fully saturated rings. The van der Waals surface area contributed by atoms with Gasteiger partial charge >= 0.3 is 18.0 Å². The number of nitrogens with one attached hydrogen (secondary N) is 1. The van der Waals surface area contributed by atoms with E-state index in [-0.39, 0.29) is 24.8 Å². The SMILES string of the molecule is CCOC(=O)C1=C(COc2nnc(-c3ccccc3)c(-c3ccccc3)n2)N(C)C(=O)N[C@@H]1c1ccc(OC)cc1. The van der Waals surface area contributed by atoms with Gasteiger partial charge in [0.05, 0.1) is 31.0 Å². The summed E-state index contributed by atoms with van der Waals surface area (Å²) in [5.41, 5.74) is 4.14. The summed E-state index contributed by atoms with van der Waals surface area (Å²) in [7, 11) is 3.13. The zero-order chi connectivity index (χ0) is 28.8. The topological polar surface area (TPSA) is 116 Å². The van der Waals surface area contributed by atoms with Crippen LogP contribution in [0.15, 0.2) is 96.2 Å². The molecule has 10 heteroatoms. The maximum absolute atomic E-state index is 13.2. The average molecular weight is 552 g/mol. The fraction of sp³-hybridized carbons (Fsp3) is 0.194. The smallest absolute Gasteiger partial charge is 0.338 e. The van der Waals surface area contributed by atoms with Crippen LogP contribution in [0.1, 0.15) is 18.5 Å². The molecule has 208 valence electrons. The second kappa shape index (κ2) is 12.3. The van der Waals surface area contributed by atoms with Gasteiger partial charge in [-0.15, -0.1) is 5.10 Å². The van der Waals surface area contributed by atoms with Crippen molar-refractivity contribution in [3.63, 3.8) is 0 Å². The molecular weight excluding hydrogens is 522 g/mol. The minimum atomic E-state index is -0.762. The van der Waals surface area contributed by atoms with Gasteiger partial charge in [-0.3, -0.25) is 4.90 Å². The Hall–Kier alpha value is -5.25. The van der Waals surface area contributed by atoms with E-state index in [1.54, 1.807) is 45.3 Å². The quantitative estimate of drug-likeness (QED) is 0.295. The van der Waals surface area contributed by atoms with Crippen molar-refractivity contribution in [1.82, 2.24) is 25.4 Å². The zero-order valence-electron chi connectivity index (χ0n) is 22.9. The molecule has 3 aromatic carbocycles. The van der Waals surface area contributed by atoms with E-state index in [4.69, 9.17) is 14.2 Å². The number of aromatic nitrogens is 3. The van der Waals surface area contributed by atoms with E-state index in [1.165, 1.54) is 4.90 Å². The number of ether oxygens (including phenoxy) is 3. The molecule has 1 aliphatic rings. The monoisotopic (exact) mass is 551 g/mol. The third-order valence-corrected chi connectivity index (χ3v) is 6.62. The van der Waals surface area contributed by atoms with E-state index in [0.717, 1.165) is 11.1 Å². The number of esters is 1. The highest BCUT2D eigenvalue weighted by Crippen LogP contribution is 2.33. The molecule has 5 rings (SSSR count). The van der Waals surface area contributed by atoms with Crippen LogP contribution in [0, 0.1) is 0 Å². The van der Waals surface area contributed by atoms with Gasteiger partial charge < -0.3 is 19.5 Å². The third kappa shape index (κ3) is 5.86. The van der Waals surface area contributed by atoms with Crippen LogP contribution >= 0.6 is 0 Å². The predicted octanol–water partition coefficient (Wildman–Crippen LogP) is 4.81. The summed E-state index contributed by atoms with van der Waals surface area (Å²) in [4.78, 5) is 32.2. The first-order valence-electron chi connectivity index (χ1n) is 13.1. The van der Waals surface area contributed by atoms with Crippen molar-refractivity contribution in [2.45, 2.75) is 13.0 Å². The zero-order valence-corrected chi connectivity index (χ0v) is 22.9. The first-order valence-corrected chi connectivity index (χ1v) is 13.1. The van der Waals surface area contributed by atoms with E-state index in [9.17, 15) is 9.59 Å². The molecule has 0 bridgehead atoms. The Bertz CT molecular complexity index is 1560. The van der Waals surface area contributed by atoms with E-state index < -0.39 is 18.0 Å². The number of hydrogen-bond acceptors (Lipinski definition) is 8. The molecule has 2 amide bonds. The van der Waals surface area contributed by atoms with Crippen LogP contribution in [0.25, 0.3) is 22.5 Å². The van der Waals surface area contributed by atoms with Crippen molar-refractivity contribution >= 4 is 12.0 Å². The van der Waals surface area contributed by atoms with Crippen LogP contribution in [-0.4, -0.2) is 59.5 Å². The molecule has 1 atom stereocenters. The molecule has 1 aromatic heterocycles. The number of methoxy groups -OCH3 is 1. The second-order valence-electron chi connectivity index (χ2n) is 9.11. The Balaban J connectivity index is 1.53. The molecular formula is C31H29N5O5. The number of nitrogens with zero attached hydrogens (tertiary/aromatic N) is 4. The van der Waals surface area contributed by atoms with E-state index in [2.05, 4.69) is 20.5 Å². The summed E-state index contributed by atoms with van der Waals surface area (Å²) in [6.45, 7) is 1.71. The summed E-state index contributed by atoms with van der Waals surface area (Å²) in [6, 6.07) is 25.2. The van der Waals surface area contributed by atoms with Gasteiger partial charge in [0.2, 0.25) is 0 Å². The van der Waals surface area contributed by atoms with Gasteiger partial charge in [-0.25, -0.2) is 9.59 Å². The molecule has 1 aliphatic heterocycles. The number of carbonyl (C=O) groups excluding carboxylic acids is 2. The number of amides is 2. The van der Waals surface area contributed by atoms with Crippen molar-refractivity contribution in [3.8, 4) is 34.3 Å². The van der Waals surface area contributed by atoms with Crippen LogP contribution in [-0.2, 0) is 9.53 Å². The lowest BCUT2D eigenvalue weighted by atomic mass is 9.94. The molecule has 0 saturated carbocycles. The summed E-state index contributed by atoms with van der Waals surface area (Å²) < 4.78 is 16.6. The highest BCUT2D eigenvalue weighted by atomic mass is 16.5. The molecule has 10 nitrogen and oxygen atoms in total. The Morgan fingerprint density at radius 1 is 0.902 bits per heavy atom. The van der Waals surface area contributed by atoms with Gasteiger partial charge in [0.1, 0.15) is 23.7 Å². The van der Waals surface area contributed by atoms with Crippen LogP contribution < -0.4 is 14.8 Å². The van der Waals surface area contributed by atoms with Gasteiger partial charge in [0.25, 0.3) is 0 Å². The van der Waals surface area contributed by atoms with E-state index in [0.29, 0.717) is 28.4 Å². The number of urea groups is 1. The number of likely N-dealkylation sites (N-methyl/N-ethyl adjacent to an activating group) is 1. The number of rotatable bonds is 9. The second-order valence-corrected chi connectivity index (χ2v) is 9.11. The van der Waals surface area contributed by atoms with Gasteiger partial charge in [0.15, 0.2) is 0 Å². The molecule has 0 unspecified atom stereocenters. The van der Waals surface area contributed by atoms with E-state index in [1.807, 2.05) is 60.7 Å². The summed E-state index contributed by atoms with van der Waals surface area (Å²) in [5.74, 6) is 0.0817. The average Bonchev–Trinajstić information content (AvgIpc) is 3.02. The first-order chi connectivity index (χ1) is 20.0. The van der Waals surface area contributed by atoms with Crippen LogP contribution in [0.5, 0.6) is 11.8 Å². The van der Waals surface area contributed by atoms with Gasteiger partial charge in [-0.2, -0.15) is 4.98 Å². The van der Waals surface area contributed by atoms with Crippen molar-refractivity contribution < 1.29 is 23.8 Å². The van der Waals surface area contributed by atoms with Crippen molar-refractivity contribution in [2.24, 2.45) is 0 Å². The Labute approximate surface area is 237 Å². The van der Waals surface area contributed by atoms with Gasteiger partial charge in [-0.1, -0.05) is 77.9 Å². The predicted molar refractivity (Wildman–Crippen MR) is 152 cm³/mol. The number of benzene rings is 3. The lowest BCUT2D eigenvalue weighted by Gasteiger charge is -2.34. The van der Waals surface area contributed by atoms with Crippen molar-refractivity contribution in [3.05, 3.63) is 102 Å². The maximum Gasteiger partial charge on any atom is 0.338 e. The molecule has 4 aromatic rings. The molecule has 2 heterocycles. The first kappa shape index (κ1) is 27.3. The Kier molecular flexibility index (Phi) is 8.19. The normalized spacial score (nSPS) is 14.9. The summed E-state index contributed by atoms with van der Waals surface area (Å²) in [6.07, 6.45) is 0. The van der Waals surface area contributed by atoms with Crippen molar-refractivity contribution in [2.75, 3.05) is 27.4 Å². The van der Waals surface area contributed by atoms with Crippen molar-refractivity contribution in [1.29, 1.82) is 0 Å². The molecule has 0 radical (unpaired) electrons. The highest BCUT2D eigenvalue weighted by Gasteiger charge is 2.37. The largest absolute Gasteiger partial charge is 0.497 e. The molecule has 0 saturated heterocycles.